The Morgan fingerprint density at radius 1 is 1.03 bits per heavy atom. The van der Waals surface area contributed by atoms with Gasteiger partial charge in [-0.2, -0.15) is 0 Å². The first-order valence-corrected chi connectivity index (χ1v) is 11.7. The maximum absolute atomic E-state index is 12.8. The van der Waals surface area contributed by atoms with Crippen LogP contribution in [0.5, 0.6) is 0 Å². The van der Waals surface area contributed by atoms with Crippen LogP contribution in [0.2, 0.25) is 0 Å². The van der Waals surface area contributed by atoms with Crippen LogP contribution in [0.3, 0.4) is 0 Å². The Hall–Kier alpha value is -4.25. The van der Waals surface area contributed by atoms with Crippen molar-refractivity contribution in [3.05, 3.63) is 72.1 Å². The van der Waals surface area contributed by atoms with Crippen LogP contribution in [-0.4, -0.2) is 64.6 Å². The lowest BCUT2D eigenvalue weighted by atomic mass is 9.82. The fourth-order valence-electron chi connectivity index (χ4n) is 3.71. The smallest absolute Gasteiger partial charge is 0.435 e. The maximum atomic E-state index is 12.8. The molecule has 3 aromatic rings. The molecular weight excluding hydrogens is 480 g/mol. The summed E-state index contributed by atoms with van der Waals surface area (Å²) in [4.78, 5) is 36.8. The topological polar surface area (TPSA) is 153 Å². The molecule has 11 nitrogen and oxygen atoms in total. The minimum atomic E-state index is -1.40. The predicted octanol–water partition coefficient (Wildman–Crippen LogP) is 2.88. The van der Waals surface area contributed by atoms with Gasteiger partial charge in [-0.25, -0.2) is 4.79 Å². The summed E-state index contributed by atoms with van der Waals surface area (Å²) in [6.07, 6.45) is 0.714. The van der Waals surface area contributed by atoms with E-state index in [1.54, 1.807) is 6.92 Å². The van der Waals surface area contributed by atoms with Crippen molar-refractivity contribution in [3.8, 4) is 11.1 Å². The number of ether oxygens (including phenoxy) is 3. The van der Waals surface area contributed by atoms with Crippen LogP contribution in [0.1, 0.15) is 36.3 Å². The Morgan fingerprint density at radius 2 is 1.73 bits per heavy atom. The minimum Gasteiger partial charge on any atom is -0.435 e. The SMILES string of the molecule is CCOC(=O)OCOC(=O)C(C)(CO)C[C@@H](Cc1ccc(-c2ccccc2)cc1)NC(=O)c1cnn[nH]1. The summed E-state index contributed by atoms with van der Waals surface area (Å²) in [6, 6.07) is 17.2. The van der Waals surface area contributed by atoms with Gasteiger partial charge in [0.2, 0.25) is 6.79 Å². The Kier molecular flexibility index (Phi) is 9.73. The van der Waals surface area contributed by atoms with Crippen molar-refractivity contribution in [2.24, 2.45) is 5.41 Å². The molecule has 0 aliphatic heterocycles. The van der Waals surface area contributed by atoms with E-state index < -0.39 is 42.9 Å². The van der Waals surface area contributed by atoms with E-state index >= 15 is 0 Å². The first-order valence-electron chi connectivity index (χ1n) is 11.7. The maximum Gasteiger partial charge on any atom is 0.511 e. The van der Waals surface area contributed by atoms with E-state index in [9.17, 15) is 19.5 Å². The van der Waals surface area contributed by atoms with Gasteiger partial charge >= 0.3 is 12.1 Å². The Labute approximate surface area is 214 Å². The molecule has 0 bridgehead atoms. The van der Waals surface area contributed by atoms with Crippen molar-refractivity contribution in [2.45, 2.75) is 32.7 Å². The average molecular weight is 511 g/mol. The largest absolute Gasteiger partial charge is 0.511 e. The van der Waals surface area contributed by atoms with Crippen LogP contribution in [-0.2, 0) is 25.4 Å². The molecule has 0 aliphatic rings. The summed E-state index contributed by atoms with van der Waals surface area (Å²) >= 11 is 0. The third-order valence-electron chi connectivity index (χ3n) is 5.71. The first kappa shape index (κ1) is 27.3. The summed E-state index contributed by atoms with van der Waals surface area (Å²) in [7, 11) is 0. The highest BCUT2D eigenvalue weighted by atomic mass is 16.8. The van der Waals surface area contributed by atoms with Gasteiger partial charge < -0.3 is 24.6 Å². The number of carbonyl (C=O) groups is 3. The molecule has 11 heteroatoms. The van der Waals surface area contributed by atoms with Gasteiger partial charge in [-0.3, -0.25) is 14.7 Å². The van der Waals surface area contributed by atoms with E-state index in [0.717, 1.165) is 16.7 Å². The number of nitrogens with one attached hydrogen (secondary N) is 2. The normalized spacial score (nSPS) is 13.2. The van der Waals surface area contributed by atoms with Crippen LogP contribution in [0.4, 0.5) is 4.79 Å². The lowest BCUT2D eigenvalue weighted by molar-refractivity contribution is -0.168. The molecule has 0 spiro atoms. The number of aliphatic hydroxyl groups excluding tert-OH is 1. The van der Waals surface area contributed by atoms with E-state index in [0.29, 0.717) is 6.42 Å². The van der Waals surface area contributed by atoms with Crippen molar-refractivity contribution in [2.75, 3.05) is 20.0 Å². The second-order valence-corrected chi connectivity index (χ2v) is 8.61. The Bertz CT molecular complexity index is 1150. The fraction of sp³-hybridized carbons (Fsp3) is 0.346. The third-order valence-corrected chi connectivity index (χ3v) is 5.71. The highest BCUT2D eigenvalue weighted by molar-refractivity contribution is 5.92. The molecule has 2 atom stereocenters. The molecular formula is C26H30N4O7. The van der Waals surface area contributed by atoms with Gasteiger partial charge in [0.25, 0.3) is 5.91 Å². The van der Waals surface area contributed by atoms with Crippen molar-refractivity contribution in [1.29, 1.82) is 0 Å². The summed E-state index contributed by atoms with van der Waals surface area (Å²) in [5.74, 6) is -1.25. The molecule has 2 aromatic carbocycles. The van der Waals surface area contributed by atoms with E-state index in [2.05, 4.69) is 30.2 Å². The minimum absolute atomic E-state index is 0.0372. The zero-order valence-corrected chi connectivity index (χ0v) is 20.7. The molecule has 37 heavy (non-hydrogen) atoms. The number of carbonyl (C=O) groups excluding carboxylic acids is 3. The summed E-state index contributed by atoms with van der Waals surface area (Å²) in [6.45, 7) is 2.01. The zero-order chi connectivity index (χ0) is 26.7. The molecule has 196 valence electrons. The first-order chi connectivity index (χ1) is 17.8. The number of aromatic nitrogens is 3. The number of aromatic amines is 1. The Balaban J connectivity index is 1.73. The number of benzene rings is 2. The fourth-order valence-corrected chi connectivity index (χ4v) is 3.71. The molecule has 0 saturated carbocycles. The second-order valence-electron chi connectivity index (χ2n) is 8.61. The van der Waals surface area contributed by atoms with Crippen LogP contribution in [0, 0.1) is 5.41 Å². The number of aliphatic hydroxyl groups is 1. The molecule has 0 radical (unpaired) electrons. The quantitative estimate of drug-likeness (QED) is 0.247. The number of hydrogen-bond acceptors (Lipinski definition) is 9. The number of rotatable bonds is 12. The molecule has 1 heterocycles. The van der Waals surface area contributed by atoms with Crippen LogP contribution in [0.15, 0.2) is 60.8 Å². The third kappa shape index (κ3) is 7.87. The summed E-state index contributed by atoms with van der Waals surface area (Å²) in [5.41, 5.74) is 1.78. The summed E-state index contributed by atoms with van der Waals surface area (Å²) in [5, 5.41) is 22.6. The summed E-state index contributed by atoms with van der Waals surface area (Å²) < 4.78 is 14.3. The zero-order valence-electron chi connectivity index (χ0n) is 20.7. The number of H-pyrrole nitrogens is 1. The standard InChI is InChI=1S/C26H30N4O7/c1-3-35-25(34)37-17-36-24(33)26(2,16-31)14-21(28-23(32)22-15-27-30-29-22)13-18-9-11-20(12-10-18)19-7-5-4-6-8-19/h4-12,15,21,31H,3,13-14,16-17H2,1-2H3,(H,28,32)(H,27,29,30)/t21-,26?/m1/s1. The lowest BCUT2D eigenvalue weighted by Gasteiger charge is -2.30. The molecule has 3 N–H and O–H groups in total. The molecule has 1 aromatic heterocycles. The highest BCUT2D eigenvalue weighted by Crippen LogP contribution is 2.27. The number of hydrogen-bond donors (Lipinski definition) is 3. The molecule has 1 unspecified atom stereocenters. The Morgan fingerprint density at radius 3 is 2.35 bits per heavy atom. The molecule has 0 saturated heterocycles. The van der Waals surface area contributed by atoms with E-state index in [-0.39, 0.29) is 18.7 Å². The van der Waals surface area contributed by atoms with Gasteiger partial charge in [-0.15, -0.1) is 5.10 Å². The molecule has 0 fully saturated rings. The van der Waals surface area contributed by atoms with E-state index in [1.165, 1.54) is 13.1 Å². The van der Waals surface area contributed by atoms with Crippen molar-refractivity contribution in [3.63, 3.8) is 0 Å². The van der Waals surface area contributed by atoms with E-state index in [1.807, 2.05) is 54.6 Å². The number of esters is 1. The van der Waals surface area contributed by atoms with Gasteiger partial charge in [0.05, 0.1) is 24.8 Å². The monoisotopic (exact) mass is 510 g/mol. The predicted molar refractivity (Wildman–Crippen MR) is 132 cm³/mol. The number of nitrogens with zero attached hydrogens (tertiary/aromatic N) is 2. The molecule has 3 rings (SSSR count). The van der Waals surface area contributed by atoms with Crippen LogP contribution < -0.4 is 5.32 Å². The van der Waals surface area contributed by atoms with Gasteiger partial charge in [0.15, 0.2) is 0 Å². The van der Waals surface area contributed by atoms with Crippen molar-refractivity contribution >= 4 is 18.0 Å². The van der Waals surface area contributed by atoms with Gasteiger partial charge in [0, 0.05) is 6.04 Å². The highest BCUT2D eigenvalue weighted by Gasteiger charge is 2.38. The van der Waals surface area contributed by atoms with Crippen LogP contribution in [0.25, 0.3) is 11.1 Å². The molecule has 1 amide bonds. The average Bonchev–Trinajstić information content (AvgIpc) is 3.45. The number of amides is 1. The van der Waals surface area contributed by atoms with Crippen molar-refractivity contribution < 1.29 is 33.7 Å². The molecule has 0 aliphatic carbocycles. The van der Waals surface area contributed by atoms with Gasteiger partial charge in [-0.05, 0) is 43.4 Å². The van der Waals surface area contributed by atoms with Crippen molar-refractivity contribution in [1.82, 2.24) is 20.7 Å². The lowest BCUT2D eigenvalue weighted by Crippen LogP contribution is -2.45. The van der Waals surface area contributed by atoms with Gasteiger partial charge in [-0.1, -0.05) is 59.8 Å². The second kappa shape index (κ2) is 13.2. The van der Waals surface area contributed by atoms with E-state index in [4.69, 9.17) is 4.74 Å². The van der Waals surface area contributed by atoms with Crippen LogP contribution >= 0.6 is 0 Å². The van der Waals surface area contributed by atoms with Gasteiger partial charge in [0.1, 0.15) is 5.69 Å².